The molecule has 0 fully saturated rings. The van der Waals surface area contributed by atoms with E-state index in [9.17, 15) is 4.79 Å². The van der Waals surface area contributed by atoms with E-state index >= 15 is 0 Å². The minimum atomic E-state index is -0.0390. The SMILES string of the molecule is CCN(C(=O)c1cccc(CC#N)c1)c1cccc(C)c1. The van der Waals surface area contributed by atoms with Crippen LogP contribution in [0.15, 0.2) is 48.5 Å². The number of aryl methyl sites for hydroxylation is 1. The van der Waals surface area contributed by atoms with Crippen molar-refractivity contribution in [2.75, 3.05) is 11.4 Å². The van der Waals surface area contributed by atoms with Crippen molar-refractivity contribution in [1.82, 2.24) is 0 Å². The molecule has 21 heavy (non-hydrogen) atoms. The van der Waals surface area contributed by atoms with Gasteiger partial charge in [-0.05, 0) is 49.2 Å². The molecule has 0 saturated carbocycles. The Morgan fingerprint density at radius 2 is 1.95 bits per heavy atom. The Morgan fingerprint density at radius 1 is 1.19 bits per heavy atom. The van der Waals surface area contributed by atoms with Gasteiger partial charge >= 0.3 is 0 Å². The predicted molar refractivity (Wildman–Crippen MR) is 84.3 cm³/mol. The fraction of sp³-hybridized carbons (Fsp3) is 0.222. The normalized spacial score (nSPS) is 9.95. The molecule has 2 aromatic carbocycles. The van der Waals surface area contributed by atoms with Gasteiger partial charge in [-0.1, -0.05) is 24.3 Å². The van der Waals surface area contributed by atoms with Crippen LogP contribution in [0.2, 0.25) is 0 Å². The van der Waals surface area contributed by atoms with Crippen LogP contribution in [-0.2, 0) is 6.42 Å². The Kier molecular flexibility index (Phi) is 4.73. The lowest BCUT2D eigenvalue weighted by Crippen LogP contribution is -2.30. The van der Waals surface area contributed by atoms with Crippen molar-refractivity contribution < 1.29 is 4.79 Å². The Balaban J connectivity index is 2.32. The predicted octanol–water partition coefficient (Wildman–Crippen LogP) is 3.73. The molecule has 106 valence electrons. The summed E-state index contributed by atoms with van der Waals surface area (Å²) in [5.74, 6) is -0.0390. The zero-order valence-electron chi connectivity index (χ0n) is 12.3. The third-order valence-corrected chi connectivity index (χ3v) is 3.33. The van der Waals surface area contributed by atoms with Crippen molar-refractivity contribution in [3.05, 3.63) is 65.2 Å². The molecule has 0 aromatic heterocycles. The molecule has 2 aromatic rings. The van der Waals surface area contributed by atoms with E-state index in [0.717, 1.165) is 16.8 Å². The van der Waals surface area contributed by atoms with Crippen LogP contribution in [0, 0.1) is 18.3 Å². The first-order valence-corrected chi connectivity index (χ1v) is 7.00. The molecule has 0 unspecified atom stereocenters. The second-order valence-electron chi connectivity index (χ2n) is 4.92. The molecule has 0 bridgehead atoms. The van der Waals surface area contributed by atoms with Crippen LogP contribution in [-0.4, -0.2) is 12.5 Å². The van der Waals surface area contributed by atoms with Gasteiger partial charge in [0.2, 0.25) is 0 Å². The number of hydrogen-bond acceptors (Lipinski definition) is 2. The maximum absolute atomic E-state index is 12.7. The summed E-state index contributed by atoms with van der Waals surface area (Å²) in [6.07, 6.45) is 0.317. The van der Waals surface area contributed by atoms with E-state index in [1.807, 2.05) is 50.2 Å². The van der Waals surface area contributed by atoms with Gasteiger partial charge in [0.25, 0.3) is 5.91 Å². The van der Waals surface area contributed by atoms with Gasteiger partial charge in [-0.3, -0.25) is 4.79 Å². The fourth-order valence-corrected chi connectivity index (χ4v) is 2.30. The first-order chi connectivity index (χ1) is 10.2. The molecule has 1 amide bonds. The molecule has 0 saturated heterocycles. The number of carbonyl (C=O) groups excluding carboxylic acids is 1. The molecule has 0 heterocycles. The maximum atomic E-state index is 12.7. The highest BCUT2D eigenvalue weighted by Gasteiger charge is 2.16. The van der Waals surface area contributed by atoms with E-state index in [4.69, 9.17) is 5.26 Å². The van der Waals surface area contributed by atoms with Crippen molar-refractivity contribution in [3.8, 4) is 6.07 Å². The number of nitriles is 1. The van der Waals surface area contributed by atoms with Crippen LogP contribution in [0.5, 0.6) is 0 Å². The van der Waals surface area contributed by atoms with Crippen LogP contribution in [0.3, 0.4) is 0 Å². The molecule has 0 atom stereocenters. The van der Waals surface area contributed by atoms with E-state index in [1.165, 1.54) is 0 Å². The lowest BCUT2D eigenvalue weighted by molar-refractivity contribution is 0.0988. The lowest BCUT2D eigenvalue weighted by Gasteiger charge is -2.21. The molecule has 2 rings (SSSR count). The quantitative estimate of drug-likeness (QED) is 0.855. The molecule has 3 nitrogen and oxygen atoms in total. The van der Waals surface area contributed by atoms with Crippen LogP contribution < -0.4 is 4.90 Å². The van der Waals surface area contributed by atoms with Gasteiger partial charge in [0.05, 0.1) is 12.5 Å². The van der Waals surface area contributed by atoms with E-state index in [1.54, 1.807) is 17.0 Å². The van der Waals surface area contributed by atoms with Crippen molar-refractivity contribution in [3.63, 3.8) is 0 Å². The molecule has 0 spiro atoms. The Morgan fingerprint density at radius 3 is 2.62 bits per heavy atom. The topological polar surface area (TPSA) is 44.1 Å². The van der Waals surface area contributed by atoms with Gasteiger partial charge in [0.1, 0.15) is 0 Å². The largest absolute Gasteiger partial charge is 0.309 e. The van der Waals surface area contributed by atoms with E-state index in [-0.39, 0.29) is 5.91 Å². The van der Waals surface area contributed by atoms with Gasteiger partial charge < -0.3 is 4.90 Å². The third-order valence-electron chi connectivity index (χ3n) is 3.33. The maximum Gasteiger partial charge on any atom is 0.258 e. The molecule has 0 N–H and O–H groups in total. The number of anilines is 1. The summed E-state index contributed by atoms with van der Waals surface area (Å²) < 4.78 is 0. The molecule has 0 aliphatic heterocycles. The minimum Gasteiger partial charge on any atom is -0.309 e. The highest BCUT2D eigenvalue weighted by molar-refractivity contribution is 6.06. The minimum absolute atomic E-state index is 0.0390. The first-order valence-electron chi connectivity index (χ1n) is 7.00. The smallest absolute Gasteiger partial charge is 0.258 e. The monoisotopic (exact) mass is 278 g/mol. The van der Waals surface area contributed by atoms with Crippen molar-refractivity contribution in [1.29, 1.82) is 5.26 Å². The standard InChI is InChI=1S/C18H18N2O/c1-3-20(17-9-4-6-14(2)12-17)18(21)16-8-5-7-15(13-16)10-11-19/h4-9,12-13H,3,10H2,1-2H3. The average molecular weight is 278 g/mol. The number of carbonyl (C=O) groups is 1. The fourth-order valence-electron chi connectivity index (χ4n) is 2.30. The van der Waals surface area contributed by atoms with E-state index < -0.39 is 0 Å². The average Bonchev–Trinajstić information content (AvgIpc) is 2.49. The summed E-state index contributed by atoms with van der Waals surface area (Å²) in [6.45, 7) is 4.57. The van der Waals surface area contributed by atoms with Crippen LogP contribution in [0.4, 0.5) is 5.69 Å². The Labute approximate surface area is 125 Å². The summed E-state index contributed by atoms with van der Waals surface area (Å²) in [6, 6.07) is 17.3. The number of benzene rings is 2. The summed E-state index contributed by atoms with van der Waals surface area (Å²) >= 11 is 0. The van der Waals surface area contributed by atoms with Gasteiger partial charge in [-0.15, -0.1) is 0 Å². The van der Waals surface area contributed by atoms with E-state index in [0.29, 0.717) is 18.5 Å². The van der Waals surface area contributed by atoms with Crippen LogP contribution >= 0.6 is 0 Å². The number of rotatable bonds is 4. The summed E-state index contributed by atoms with van der Waals surface area (Å²) in [5, 5.41) is 8.77. The van der Waals surface area contributed by atoms with E-state index in [2.05, 4.69) is 6.07 Å². The van der Waals surface area contributed by atoms with Gasteiger partial charge in [-0.2, -0.15) is 5.26 Å². The highest BCUT2D eigenvalue weighted by atomic mass is 16.2. The zero-order valence-corrected chi connectivity index (χ0v) is 12.3. The van der Waals surface area contributed by atoms with Crippen molar-refractivity contribution in [2.24, 2.45) is 0 Å². The Hall–Kier alpha value is -2.60. The lowest BCUT2D eigenvalue weighted by atomic mass is 10.1. The summed E-state index contributed by atoms with van der Waals surface area (Å²) in [4.78, 5) is 14.4. The number of amides is 1. The molecule has 3 heteroatoms. The van der Waals surface area contributed by atoms with Gasteiger partial charge in [-0.25, -0.2) is 0 Å². The highest BCUT2D eigenvalue weighted by Crippen LogP contribution is 2.19. The van der Waals surface area contributed by atoms with Gasteiger partial charge in [0, 0.05) is 17.8 Å². The third kappa shape index (κ3) is 3.49. The van der Waals surface area contributed by atoms with Gasteiger partial charge in [0.15, 0.2) is 0 Å². The summed E-state index contributed by atoms with van der Waals surface area (Å²) in [5.41, 5.74) is 3.50. The second kappa shape index (κ2) is 6.71. The number of hydrogen-bond donors (Lipinski definition) is 0. The Bertz CT molecular complexity index is 686. The molecular weight excluding hydrogens is 260 g/mol. The van der Waals surface area contributed by atoms with Crippen molar-refractivity contribution in [2.45, 2.75) is 20.3 Å². The molecule has 0 radical (unpaired) electrons. The first kappa shape index (κ1) is 14.8. The zero-order chi connectivity index (χ0) is 15.2. The molecular formula is C18H18N2O. The summed E-state index contributed by atoms with van der Waals surface area (Å²) in [7, 11) is 0. The number of nitrogens with zero attached hydrogens (tertiary/aromatic N) is 2. The van der Waals surface area contributed by atoms with Crippen molar-refractivity contribution >= 4 is 11.6 Å². The molecule has 0 aliphatic carbocycles. The van der Waals surface area contributed by atoms with Crippen LogP contribution in [0.25, 0.3) is 0 Å². The molecule has 0 aliphatic rings. The van der Waals surface area contributed by atoms with Crippen LogP contribution in [0.1, 0.15) is 28.4 Å². The second-order valence-corrected chi connectivity index (χ2v) is 4.92.